The molecule has 0 unspecified atom stereocenters. The van der Waals surface area contributed by atoms with Crippen LogP contribution < -0.4 is 4.74 Å². The molecule has 72 valence electrons. The highest BCUT2D eigenvalue weighted by molar-refractivity contribution is 8.13. The van der Waals surface area contributed by atoms with Crippen LogP contribution in [0.2, 0.25) is 0 Å². The second-order valence-electron chi connectivity index (χ2n) is 2.11. The molecule has 0 heterocycles. The Morgan fingerprint density at radius 1 is 1.62 bits per heavy atom. The lowest BCUT2D eigenvalue weighted by Crippen LogP contribution is -1.98. The van der Waals surface area contributed by atoms with E-state index >= 15 is 0 Å². The SMILES string of the molecule is [2H]C([2H])([2H])Oc1c(F)cccc1S(=O)(=O)Cl. The van der Waals surface area contributed by atoms with Crippen molar-refractivity contribution in [3.8, 4) is 5.75 Å². The second kappa shape index (κ2) is 3.51. The molecule has 0 N–H and O–H groups in total. The molecule has 6 heteroatoms. The normalized spacial score (nSPS) is 15.7. The molecule has 0 fully saturated rings. The first-order chi connectivity index (χ1) is 7.11. The minimum Gasteiger partial charge on any atom is -0.492 e. The van der Waals surface area contributed by atoms with Gasteiger partial charge in [0.2, 0.25) is 0 Å². The smallest absolute Gasteiger partial charge is 0.265 e. The van der Waals surface area contributed by atoms with E-state index in [-0.39, 0.29) is 0 Å². The van der Waals surface area contributed by atoms with Gasteiger partial charge in [0.05, 0.1) is 11.2 Å². The Labute approximate surface area is 83.7 Å². The van der Waals surface area contributed by atoms with Crippen LogP contribution in [0.4, 0.5) is 4.39 Å². The molecule has 3 nitrogen and oxygen atoms in total. The number of hydrogen-bond acceptors (Lipinski definition) is 3. The summed E-state index contributed by atoms with van der Waals surface area (Å²) in [6, 6.07) is 2.90. The van der Waals surface area contributed by atoms with E-state index in [2.05, 4.69) is 4.74 Å². The summed E-state index contributed by atoms with van der Waals surface area (Å²) >= 11 is 0. The topological polar surface area (TPSA) is 43.4 Å². The zero-order chi connectivity index (χ0) is 12.6. The Balaban J connectivity index is 3.36. The quantitative estimate of drug-likeness (QED) is 0.724. The summed E-state index contributed by atoms with van der Waals surface area (Å²) in [5.41, 5.74) is 0. The molecule has 0 aliphatic heterocycles. The van der Waals surface area contributed by atoms with Crippen LogP contribution in [-0.2, 0) is 9.05 Å². The Hall–Kier alpha value is -0.810. The van der Waals surface area contributed by atoms with Crippen LogP contribution in [0.3, 0.4) is 0 Å². The summed E-state index contributed by atoms with van der Waals surface area (Å²) in [6.07, 6.45) is 0. The maximum atomic E-state index is 13.2. The van der Waals surface area contributed by atoms with Crippen molar-refractivity contribution in [2.75, 3.05) is 7.04 Å². The van der Waals surface area contributed by atoms with E-state index in [0.717, 1.165) is 18.2 Å². The Morgan fingerprint density at radius 3 is 2.85 bits per heavy atom. The number of halogens is 2. The summed E-state index contributed by atoms with van der Waals surface area (Å²) in [6.45, 7) is 0. The molecule has 0 aliphatic rings. The molecule has 0 saturated carbocycles. The second-order valence-corrected chi connectivity index (χ2v) is 4.64. The first kappa shape index (κ1) is 6.62. The van der Waals surface area contributed by atoms with Crippen LogP contribution in [-0.4, -0.2) is 15.5 Å². The van der Waals surface area contributed by atoms with Gasteiger partial charge in [-0.2, -0.15) is 0 Å². The maximum absolute atomic E-state index is 13.2. The minimum atomic E-state index is -4.27. The average Bonchev–Trinajstić information content (AvgIpc) is 2.04. The Morgan fingerprint density at radius 2 is 2.31 bits per heavy atom. The molecule has 0 bridgehead atoms. The molecule has 0 aromatic heterocycles. The summed E-state index contributed by atoms with van der Waals surface area (Å²) in [4.78, 5) is -0.717. The lowest BCUT2D eigenvalue weighted by Gasteiger charge is -2.05. The van der Waals surface area contributed by atoms with Gasteiger partial charge in [-0.15, -0.1) is 0 Å². The molecule has 13 heavy (non-hydrogen) atoms. The zero-order valence-electron chi connectivity index (χ0n) is 9.12. The van der Waals surface area contributed by atoms with E-state index in [1.54, 1.807) is 0 Å². The van der Waals surface area contributed by atoms with Crippen molar-refractivity contribution in [2.24, 2.45) is 0 Å². The van der Waals surface area contributed by atoms with E-state index in [9.17, 15) is 12.8 Å². The van der Waals surface area contributed by atoms with Crippen molar-refractivity contribution in [1.29, 1.82) is 0 Å². The number of benzene rings is 1. The molecule has 0 aliphatic carbocycles. The van der Waals surface area contributed by atoms with Crippen LogP contribution in [0, 0.1) is 5.82 Å². The van der Waals surface area contributed by atoms with Crippen molar-refractivity contribution in [2.45, 2.75) is 4.90 Å². The first-order valence-corrected chi connectivity index (χ1v) is 5.34. The third kappa shape index (κ3) is 2.10. The van der Waals surface area contributed by atoms with Crippen molar-refractivity contribution < 1.29 is 21.7 Å². The predicted molar refractivity (Wildman–Crippen MR) is 46.0 cm³/mol. The summed E-state index contributed by atoms with van der Waals surface area (Å²) < 4.78 is 59.8. The van der Waals surface area contributed by atoms with Gasteiger partial charge in [0.15, 0.2) is 11.6 Å². The van der Waals surface area contributed by atoms with Crippen LogP contribution in [0.1, 0.15) is 4.11 Å². The van der Waals surface area contributed by atoms with Crippen LogP contribution >= 0.6 is 10.7 Å². The fourth-order valence-electron chi connectivity index (χ4n) is 0.780. The van der Waals surface area contributed by atoms with E-state index < -0.39 is 32.6 Å². The lowest BCUT2D eigenvalue weighted by molar-refractivity contribution is 0.374. The first-order valence-electron chi connectivity index (χ1n) is 4.53. The number of rotatable bonds is 2. The van der Waals surface area contributed by atoms with Gasteiger partial charge in [-0.1, -0.05) is 6.07 Å². The van der Waals surface area contributed by atoms with Gasteiger partial charge in [-0.25, -0.2) is 12.8 Å². The highest BCUT2D eigenvalue weighted by Crippen LogP contribution is 2.28. The monoisotopic (exact) mass is 227 g/mol. The molecule has 0 spiro atoms. The standard InChI is InChI=1S/C7H6ClFO3S/c1-12-7-5(9)3-2-4-6(7)13(8,10)11/h2-4H,1H3/i1D3. The van der Waals surface area contributed by atoms with Gasteiger partial charge in [0.25, 0.3) is 9.05 Å². The number of para-hydroxylation sites is 1. The van der Waals surface area contributed by atoms with E-state index in [1.165, 1.54) is 0 Å². The van der Waals surface area contributed by atoms with Crippen molar-refractivity contribution in [3.63, 3.8) is 0 Å². The number of ether oxygens (including phenoxy) is 1. The molecule has 1 aromatic carbocycles. The van der Waals surface area contributed by atoms with Crippen LogP contribution in [0.15, 0.2) is 23.1 Å². The maximum Gasteiger partial charge on any atom is 0.265 e. The summed E-state index contributed by atoms with van der Waals surface area (Å²) in [5.74, 6) is -2.02. The third-order valence-electron chi connectivity index (χ3n) is 1.30. The van der Waals surface area contributed by atoms with Crippen LogP contribution in [0.25, 0.3) is 0 Å². The largest absolute Gasteiger partial charge is 0.492 e. The van der Waals surface area contributed by atoms with Gasteiger partial charge in [0.1, 0.15) is 4.90 Å². The van der Waals surface area contributed by atoms with E-state index in [1.807, 2.05) is 0 Å². The third-order valence-corrected chi connectivity index (χ3v) is 2.64. The highest BCUT2D eigenvalue weighted by Gasteiger charge is 2.19. The average molecular weight is 228 g/mol. The fourth-order valence-corrected chi connectivity index (χ4v) is 1.75. The molecule has 0 saturated heterocycles. The van der Waals surface area contributed by atoms with E-state index in [4.69, 9.17) is 14.8 Å². The number of hydrogen-bond donors (Lipinski definition) is 0. The molecule has 0 amide bonds. The summed E-state index contributed by atoms with van der Waals surface area (Å²) in [7, 11) is -2.22. The minimum absolute atomic E-state index is 0.717. The van der Waals surface area contributed by atoms with Crippen molar-refractivity contribution >= 4 is 19.7 Å². The van der Waals surface area contributed by atoms with Gasteiger partial charge in [0, 0.05) is 10.7 Å². The number of methoxy groups -OCH3 is 1. The molecule has 0 radical (unpaired) electrons. The highest BCUT2D eigenvalue weighted by atomic mass is 35.7. The molecular weight excluding hydrogens is 219 g/mol. The molecular formula is C7H6ClFO3S. The van der Waals surface area contributed by atoms with E-state index in [0.29, 0.717) is 0 Å². The Bertz CT molecular complexity index is 500. The zero-order valence-corrected chi connectivity index (χ0v) is 7.69. The predicted octanol–water partition coefficient (Wildman–Crippen LogP) is 1.76. The lowest BCUT2D eigenvalue weighted by atomic mass is 10.3. The van der Waals surface area contributed by atoms with Crippen molar-refractivity contribution in [3.05, 3.63) is 24.0 Å². The Kier molecular flexibility index (Phi) is 1.79. The van der Waals surface area contributed by atoms with Crippen LogP contribution in [0.5, 0.6) is 5.75 Å². The molecule has 1 aromatic rings. The van der Waals surface area contributed by atoms with Gasteiger partial charge >= 0.3 is 0 Å². The van der Waals surface area contributed by atoms with Gasteiger partial charge in [-0.3, -0.25) is 0 Å². The fraction of sp³-hybridized carbons (Fsp3) is 0.143. The molecule has 1 rings (SSSR count). The summed E-state index contributed by atoms with van der Waals surface area (Å²) in [5, 5.41) is 0. The van der Waals surface area contributed by atoms with Crippen molar-refractivity contribution in [1.82, 2.24) is 0 Å². The van der Waals surface area contributed by atoms with Gasteiger partial charge in [-0.05, 0) is 12.1 Å². The van der Waals surface area contributed by atoms with Gasteiger partial charge < -0.3 is 4.74 Å². The molecule has 0 atom stereocenters.